The Bertz CT molecular complexity index is 699. The lowest BCUT2D eigenvalue weighted by molar-refractivity contribution is -0.137. The highest BCUT2D eigenvalue weighted by atomic mass is 16.5. The maximum absolute atomic E-state index is 12.8. The maximum atomic E-state index is 12.8. The molecule has 0 saturated carbocycles. The van der Waals surface area contributed by atoms with Crippen LogP contribution >= 0.6 is 0 Å². The number of amides is 1. The number of ether oxygens (including phenoxy) is 1. The van der Waals surface area contributed by atoms with Crippen molar-refractivity contribution in [1.82, 2.24) is 0 Å². The van der Waals surface area contributed by atoms with Gasteiger partial charge < -0.3 is 4.74 Å². The van der Waals surface area contributed by atoms with E-state index in [9.17, 15) is 9.59 Å². The molecule has 1 amide bonds. The van der Waals surface area contributed by atoms with E-state index in [1.807, 2.05) is 30.3 Å². The number of rotatable bonds is 14. The number of hydrogen-bond donors (Lipinski definition) is 0. The fourth-order valence-corrected chi connectivity index (χ4v) is 3.42. The van der Waals surface area contributed by atoms with E-state index >= 15 is 0 Å². The molecule has 1 unspecified atom stereocenters. The molecule has 0 aromatic heterocycles. The third-order valence-electron chi connectivity index (χ3n) is 4.96. The quantitative estimate of drug-likeness (QED) is 0.151. The SMILES string of the molecule is [N-]=[N+]=NCCCCCCCCC[C@@H](Cc1ccccc1)C(=O)C1OC=NC1=O. The van der Waals surface area contributed by atoms with E-state index in [0.717, 1.165) is 63.3 Å². The number of Topliss-reactive ketones (excluding diaryl/α,β-unsaturated/α-hetero) is 1. The molecule has 1 aromatic carbocycles. The summed E-state index contributed by atoms with van der Waals surface area (Å²) in [6.45, 7) is 0.575. The Morgan fingerprint density at radius 2 is 1.79 bits per heavy atom. The molecule has 150 valence electrons. The summed E-state index contributed by atoms with van der Waals surface area (Å²) >= 11 is 0. The van der Waals surface area contributed by atoms with Crippen LogP contribution in [0.1, 0.15) is 56.9 Å². The minimum atomic E-state index is -1.07. The van der Waals surface area contributed by atoms with Crippen LogP contribution in [0.5, 0.6) is 0 Å². The molecule has 7 heteroatoms. The normalized spacial score (nSPS) is 16.4. The molecule has 0 N–H and O–H groups in total. The summed E-state index contributed by atoms with van der Waals surface area (Å²) in [5.41, 5.74) is 9.32. The zero-order chi connectivity index (χ0) is 20.0. The Morgan fingerprint density at radius 3 is 2.43 bits per heavy atom. The van der Waals surface area contributed by atoms with Gasteiger partial charge in [0.15, 0.2) is 12.2 Å². The molecule has 2 atom stereocenters. The van der Waals surface area contributed by atoms with E-state index in [1.54, 1.807) is 0 Å². The molecule has 7 nitrogen and oxygen atoms in total. The van der Waals surface area contributed by atoms with Crippen molar-refractivity contribution in [2.24, 2.45) is 16.0 Å². The summed E-state index contributed by atoms with van der Waals surface area (Å²) in [6.07, 6.45) is 8.80. The third-order valence-corrected chi connectivity index (χ3v) is 4.96. The van der Waals surface area contributed by atoms with E-state index in [0.29, 0.717) is 13.0 Å². The van der Waals surface area contributed by atoms with Gasteiger partial charge >= 0.3 is 0 Å². The second kappa shape index (κ2) is 12.7. The van der Waals surface area contributed by atoms with Crippen LogP contribution in [0.3, 0.4) is 0 Å². The summed E-state index contributed by atoms with van der Waals surface area (Å²) in [4.78, 5) is 30.8. The summed E-state index contributed by atoms with van der Waals surface area (Å²) in [5.74, 6) is -0.893. The third kappa shape index (κ3) is 7.53. The van der Waals surface area contributed by atoms with Crippen molar-refractivity contribution < 1.29 is 14.3 Å². The molecule has 1 heterocycles. The van der Waals surface area contributed by atoms with Gasteiger partial charge in [-0.3, -0.25) is 9.59 Å². The van der Waals surface area contributed by atoms with Gasteiger partial charge in [0.05, 0.1) is 0 Å². The predicted molar refractivity (Wildman–Crippen MR) is 108 cm³/mol. The van der Waals surface area contributed by atoms with E-state index in [4.69, 9.17) is 10.3 Å². The number of nitrogens with zero attached hydrogens (tertiary/aromatic N) is 4. The van der Waals surface area contributed by atoms with Crippen LogP contribution in [-0.2, 0) is 20.7 Å². The van der Waals surface area contributed by atoms with Crippen LogP contribution in [0.15, 0.2) is 40.4 Å². The molecule has 1 aliphatic rings. The van der Waals surface area contributed by atoms with Crippen LogP contribution in [0, 0.1) is 5.92 Å². The Balaban J connectivity index is 1.74. The van der Waals surface area contributed by atoms with E-state index in [-0.39, 0.29) is 11.7 Å². The van der Waals surface area contributed by atoms with Crippen molar-refractivity contribution in [1.29, 1.82) is 0 Å². The maximum Gasteiger partial charge on any atom is 0.297 e. The number of unbranched alkanes of at least 4 members (excludes halogenated alkanes) is 6. The first-order valence-electron chi connectivity index (χ1n) is 10.0. The van der Waals surface area contributed by atoms with Gasteiger partial charge in [0.25, 0.3) is 5.91 Å². The van der Waals surface area contributed by atoms with Gasteiger partial charge in [0.2, 0.25) is 6.10 Å². The highest BCUT2D eigenvalue weighted by Gasteiger charge is 2.35. The molecule has 2 rings (SSSR count). The highest BCUT2D eigenvalue weighted by Crippen LogP contribution is 2.21. The first kappa shape index (κ1) is 21.6. The minimum Gasteiger partial charge on any atom is -0.462 e. The van der Waals surface area contributed by atoms with Gasteiger partial charge in [-0.05, 0) is 30.4 Å². The van der Waals surface area contributed by atoms with Crippen molar-refractivity contribution in [2.75, 3.05) is 6.54 Å². The summed E-state index contributed by atoms with van der Waals surface area (Å²) in [7, 11) is 0. The summed E-state index contributed by atoms with van der Waals surface area (Å²) in [5, 5.41) is 3.53. The number of carbonyl (C=O) groups is 2. The number of ketones is 1. The number of hydrogen-bond acceptors (Lipinski definition) is 4. The lowest BCUT2D eigenvalue weighted by Crippen LogP contribution is -2.34. The summed E-state index contributed by atoms with van der Waals surface area (Å²) in [6, 6.07) is 9.87. The number of benzene rings is 1. The van der Waals surface area contributed by atoms with Crippen molar-refractivity contribution in [2.45, 2.75) is 63.9 Å². The van der Waals surface area contributed by atoms with Crippen LogP contribution in [0.25, 0.3) is 10.4 Å². The van der Waals surface area contributed by atoms with Gasteiger partial charge in [-0.15, -0.1) is 0 Å². The van der Waals surface area contributed by atoms with E-state index < -0.39 is 12.0 Å². The monoisotopic (exact) mass is 384 g/mol. The van der Waals surface area contributed by atoms with Crippen LogP contribution < -0.4 is 0 Å². The Hall–Kier alpha value is -2.66. The smallest absolute Gasteiger partial charge is 0.297 e. The molecular weight excluding hydrogens is 356 g/mol. The average Bonchev–Trinajstić information content (AvgIpc) is 3.14. The standard InChI is InChI=1S/C21H28N4O3/c22-25-24-14-10-5-3-1-2-4-9-13-18(15-17-11-7-6-8-12-17)19(26)20-21(27)23-16-28-20/h6-8,11-12,16,18,20H,1-5,9-10,13-15H2/t18-,20?/m0/s1. The minimum absolute atomic E-state index is 0.163. The molecule has 0 fully saturated rings. The van der Waals surface area contributed by atoms with Crippen molar-refractivity contribution >= 4 is 18.1 Å². The Kier molecular flexibility index (Phi) is 9.80. The first-order chi connectivity index (χ1) is 13.7. The molecule has 28 heavy (non-hydrogen) atoms. The predicted octanol–water partition coefficient (Wildman–Crippen LogP) is 4.80. The van der Waals surface area contributed by atoms with E-state index in [2.05, 4.69) is 15.0 Å². The fraction of sp³-hybridized carbons (Fsp3) is 0.571. The van der Waals surface area contributed by atoms with Crippen LogP contribution in [-0.4, -0.2) is 30.7 Å². The van der Waals surface area contributed by atoms with Gasteiger partial charge in [-0.2, -0.15) is 4.99 Å². The largest absolute Gasteiger partial charge is 0.462 e. The molecule has 0 aliphatic carbocycles. The van der Waals surface area contributed by atoms with Crippen LogP contribution in [0.4, 0.5) is 0 Å². The van der Waals surface area contributed by atoms with Crippen molar-refractivity contribution in [3.05, 3.63) is 46.3 Å². The zero-order valence-corrected chi connectivity index (χ0v) is 16.2. The topological polar surface area (TPSA) is 104 Å². The summed E-state index contributed by atoms with van der Waals surface area (Å²) < 4.78 is 5.12. The second-order valence-corrected chi connectivity index (χ2v) is 7.10. The Labute approximate surface area is 165 Å². The second-order valence-electron chi connectivity index (χ2n) is 7.10. The molecule has 0 saturated heterocycles. The number of carbonyl (C=O) groups excluding carboxylic acids is 2. The fourth-order valence-electron chi connectivity index (χ4n) is 3.42. The lowest BCUT2D eigenvalue weighted by atomic mass is 9.87. The van der Waals surface area contributed by atoms with Gasteiger partial charge in [-0.25, -0.2) is 0 Å². The Morgan fingerprint density at radius 1 is 1.11 bits per heavy atom. The van der Waals surface area contributed by atoms with Crippen molar-refractivity contribution in [3.8, 4) is 0 Å². The van der Waals surface area contributed by atoms with Gasteiger partial charge in [0.1, 0.15) is 0 Å². The molecule has 1 aromatic rings. The van der Waals surface area contributed by atoms with Crippen molar-refractivity contribution in [3.63, 3.8) is 0 Å². The molecule has 0 spiro atoms. The molecule has 0 radical (unpaired) electrons. The van der Waals surface area contributed by atoms with Crippen LogP contribution in [0.2, 0.25) is 0 Å². The number of azide groups is 1. The lowest BCUT2D eigenvalue weighted by Gasteiger charge is -2.18. The van der Waals surface area contributed by atoms with Gasteiger partial charge in [0, 0.05) is 17.4 Å². The van der Waals surface area contributed by atoms with E-state index in [1.165, 1.54) is 0 Å². The van der Waals surface area contributed by atoms with Gasteiger partial charge in [-0.1, -0.05) is 74.0 Å². The molecule has 1 aliphatic heterocycles. The highest BCUT2D eigenvalue weighted by molar-refractivity contribution is 6.10. The molecule has 0 bridgehead atoms. The zero-order valence-electron chi connectivity index (χ0n) is 16.2. The molecular formula is C21H28N4O3. The average molecular weight is 384 g/mol. The number of aliphatic imine (C=N–C) groups is 1. The first-order valence-corrected chi connectivity index (χ1v) is 10.0.